The molecule has 0 aromatic heterocycles. The van der Waals surface area contributed by atoms with E-state index in [0.717, 1.165) is 17.7 Å². The van der Waals surface area contributed by atoms with Crippen LogP contribution in [0.5, 0.6) is 0 Å². The number of primary amides is 2. The number of carbonyl (C=O) groups is 6. The van der Waals surface area contributed by atoms with Gasteiger partial charge in [-0.3, -0.25) is 34.2 Å². The van der Waals surface area contributed by atoms with E-state index in [-0.39, 0.29) is 24.3 Å². The molecule has 3 rings (SSSR count). The number of rotatable bonds is 10. The topological polar surface area (TPSA) is 228 Å². The van der Waals surface area contributed by atoms with Crippen molar-refractivity contribution in [1.82, 2.24) is 15.8 Å². The van der Waals surface area contributed by atoms with Gasteiger partial charge in [-0.05, 0) is 34.7 Å². The molecule has 48 heavy (non-hydrogen) atoms. The molecule has 0 aliphatic carbocycles. The van der Waals surface area contributed by atoms with Crippen molar-refractivity contribution < 1.29 is 33.9 Å². The first-order valence-electron chi connectivity index (χ1n) is 14.5. The fourth-order valence-corrected chi connectivity index (χ4v) is 3.74. The number of hydrogen-bond acceptors (Lipinski definition) is 7. The molecule has 13 nitrogen and oxygen atoms in total. The number of nitrogen functional groups attached to an aromatic ring is 1. The van der Waals surface area contributed by atoms with Crippen molar-refractivity contribution in [2.75, 3.05) is 12.3 Å². The summed E-state index contributed by atoms with van der Waals surface area (Å²) in [6.45, 7) is 5.49. The van der Waals surface area contributed by atoms with Crippen LogP contribution in [0.1, 0.15) is 48.7 Å². The SMILES string of the molecule is CC(C)(C)CC(N)=O.NC(=O)c1ccc(N)c(Cl)c1.O=C(O)CN(NC(=O)Cc1ccccc1)C(=O)/C=C/C(=O)NCc1ccccc1. The molecule has 0 spiro atoms. The Balaban J connectivity index is 0.000000492. The van der Waals surface area contributed by atoms with Crippen LogP contribution in [0, 0.1) is 5.41 Å². The van der Waals surface area contributed by atoms with Crippen molar-refractivity contribution in [3.63, 3.8) is 0 Å². The second-order valence-corrected chi connectivity index (χ2v) is 11.8. The molecule has 0 fully saturated rings. The van der Waals surface area contributed by atoms with Crippen molar-refractivity contribution in [3.8, 4) is 0 Å². The molecule has 0 radical (unpaired) electrons. The van der Waals surface area contributed by atoms with E-state index < -0.39 is 36.1 Å². The van der Waals surface area contributed by atoms with Gasteiger partial charge in [0.1, 0.15) is 6.54 Å². The van der Waals surface area contributed by atoms with Crippen LogP contribution in [-0.2, 0) is 36.9 Å². The van der Waals surface area contributed by atoms with Crippen molar-refractivity contribution >= 4 is 52.8 Å². The monoisotopic (exact) mass is 680 g/mol. The average molecular weight is 681 g/mol. The number of nitrogens with two attached hydrogens (primary N) is 3. The summed E-state index contributed by atoms with van der Waals surface area (Å²) in [5.41, 5.74) is 20.1. The van der Waals surface area contributed by atoms with Gasteiger partial charge in [0.2, 0.25) is 23.6 Å². The smallest absolute Gasteiger partial charge is 0.325 e. The zero-order valence-electron chi connectivity index (χ0n) is 26.9. The summed E-state index contributed by atoms with van der Waals surface area (Å²) in [7, 11) is 0. The number of hydrazine groups is 1. The minimum absolute atomic E-state index is 0.0223. The molecule has 0 saturated carbocycles. The van der Waals surface area contributed by atoms with E-state index in [0.29, 0.717) is 33.3 Å². The number of nitrogens with one attached hydrogen (secondary N) is 2. The van der Waals surface area contributed by atoms with Gasteiger partial charge in [0, 0.05) is 30.7 Å². The van der Waals surface area contributed by atoms with E-state index in [9.17, 15) is 28.8 Å². The van der Waals surface area contributed by atoms with Crippen molar-refractivity contribution in [1.29, 1.82) is 0 Å². The van der Waals surface area contributed by atoms with Crippen molar-refractivity contribution in [2.24, 2.45) is 16.9 Å². The van der Waals surface area contributed by atoms with Crippen molar-refractivity contribution in [2.45, 2.75) is 40.2 Å². The van der Waals surface area contributed by atoms with Gasteiger partial charge in [-0.25, -0.2) is 5.01 Å². The maximum absolute atomic E-state index is 12.2. The Kier molecular flexibility index (Phi) is 17.2. The van der Waals surface area contributed by atoms with Gasteiger partial charge in [0.05, 0.1) is 17.1 Å². The Bertz CT molecular complexity index is 1580. The maximum atomic E-state index is 12.2. The quantitative estimate of drug-likeness (QED) is 0.106. The van der Waals surface area contributed by atoms with Gasteiger partial charge in [0.15, 0.2) is 0 Å². The highest BCUT2D eigenvalue weighted by molar-refractivity contribution is 6.33. The van der Waals surface area contributed by atoms with Crippen LogP contribution in [0.15, 0.2) is 91.0 Å². The van der Waals surface area contributed by atoms with Crippen LogP contribution in [0.3, 0.4) is 0 Å². The van der Waals surface area contributed by atoms with E-state index >= 15 is 0 Å². The van der Waals surface area contributed by atoms with E-state index in [2.05, 4.69) is 10.7 Å². The molecule has 0 aliphatic rings. The third kappa shape index (κ3) is 18.3. The number of benzene rings is 3. The number of carboxylic acids is 1. The summed E-state index contributed by atoms with van der Waals surface area (Å²) in [5, 5.41) is 12.6. The fraction of sp³-hybridized carbons (Fsp3) is 0.235. The summed E-state index contributed by atoms with van der Waals surface area (Å²) >= 11 is 5.63. The lowest BCUT2D eigenvalue weighted by atomic mass is 9.92. The number of halogens is 1. The highest BCUT2D eigenvalue weighted by Crippen LogP contribution is 2.19. The molecule has 3 aromatic carbocycles. The highest BCUT2D eigenvalue weighted by Gasteiger charge is 2.18. The molecule has 14 heteroatoms. The second kappa shape index (κ2) is 20.4. The summed E-state index contributed by atoms with van der Waals surface area (Å²) < 4.78 is 0. The number of nitrogens with zero attached hydrogens (tertiary/aromatic N) is 1. The first-order valence-corrected chi connectivity index (χ1v) is 14.8. The van der Waals surface area contributed by atoms with E-state index in [1.165, 1.54) is 12.1 Å². The Morgan fingerprint density at radius 2 is 1.42 bits per heavy atom. The number of carboxylic acid groups (broad SMARTS) is 1. The third-order valence-corrected chi connectivity index (χ3v) is 6.03. The lowest BCUT2D eigenvalue weighted by Crippen LogP contribution is -2.48. The van der Waals surface area contributed by atoms with Gasteiger partial charge < -0.3 is 27.6 Å². The predicted molar refractivity (Wildman–Crippen MR) is 183 cm³/mol. The van der Waals surface area contributed by atoms with E-state index in [4.69, 9.17) is 33.9 Å². The third-order valence-electron chi connectivity index (χ3n) is 5.70. The lowest BCUT2D eigenvalue weighted by molar-refractivity contribution is -0.147. The van der Waals surface area contributed by atoms with Crippen molar-refractivity contribution in [3.05, 3.63) is 113 Å². The molecule has 0 unspecified atom stereocenters. The molecular weight excluding hydrogens is 640 g/mol. The van der Waals surface area contributed by atoms with Gasteiger partial charge in [-0.2, -0.15) is 0 Å². The number of hydrogen-bond donors (Lipinski definition) is 6. The molecule has 0 aliphatic heterocycles. The standard InChI is InChI=1S/C21H21N3O5.C7H7ClN2O.C6H13NO/c25-18(22-14-17-9-5-2-6-10-17)11-12-20(27)24(15-21(28)29)23-19(26)13-16-7-3-1-4-8-16;8-5-3-4(7(10)11)1-2-6(5)9;1-6(2,3)4-5(7)8/h1-12H,13-15H2,(H,22,25)(H,23,26)(H,28,29);1-3H,9H2,(H2,10,11);4H2,1-3H3,(H2,7,8)/b12-11+;;. The summed E-state index contributed by atoms with van der Waals surface area (Å²) in [6.07, 6.45) is 2.34. The van der Waals surface area contributed by atoms with E-state index in [1.807, 2.05) is 51.1 Å². The molecule has 3 aromatic rings. The minimum Gasteiger partial charge on any atom is -0.480 e. The van der Waals surface area contributed by atoms with Crippen LogP contribution in [-0.4, -0.2) is 52.2 Å². The van der Waals surface area contributed by atoms with Crippen LogP contribution < -0.4 is 27.9 Å². The Hall–Kier alpha value is -5.69. The first kappa shape index (κ1) is 40.3. The summed E-state index contributed by atoms with van der Waals surface area (Å²) in [6, 6.07) is 22.5. The second-order valence-electron chi connectivity index (χ2n) is 11.4. The zero-order valence-corrected chi connectivity index (χ0v) is 27.7. The van der Waals surface area contributed by atoms with Crippen LogP contribution >= 0.6 is 11.6 Å². The Labute approximate surface area is 284 Å². The minimum atomic E-state index is -1.31. The lowest BCUT2D eigenvalue weighted by Gasteiger charge is -2.20. The zero-order chi connectivity index (χ0) is 36.3. The van der Waals surface area contributed by atoms with Gasteiger partial charge in [-0.1, -0.05) is 93.0 Å². The molecule has 0 atom stereocenters. The molecule has 0 heterocycles. The first-order chi connectivity index (χ1) is 22.5. The number of aliphatic carboxylic acids is 1. The number of amides is 5. The Morgan fingerprint density at radius 3 is 1.88 bits per heavy atom. The molecular formula is C34H41ClN6O7. The highest BCUT2D eigenvalue weighted by atomic mass is 35.5. The normalized spacial score (nSPS) is 10.3. The molecule has 9 N–H and O–H groups in total. The van der Waals surface area contributed by atoms with Crippen LogP contribution in [0.25, 0.3) is 0 Å². The largest absolute Gasteiger partial charge is 0.480 e. The molecule has 0 bridgehead atoms. The number of anilines is 1. The molecule has 256 valence electrons. The summed E-state index contributed by atoms with van der Waals surface area (Å²) in [4.78, 5) is 68.0. The van der Waals surface area contributed by atoms with Crippen LogP contribution in [0.2, 0.25) is 5.02 Å². The van der Waals surface area contributed by atoms with Gasteiger partial charge in [0.25, 0.3) is 5.91 Å². The van der Waals surface area contributed by atoms with Crippen LogP contribution in [0.4, 0.5) is 5.69 Å². The molecule has 5 amide bonds. The van der Waals surface area contributed by atoms with Gasteiger partial charge >= 0.3 is 5.97 Å². The van der Waals surface area contributed by atoms with Gasteiger partial charge in [-0.15, -0.1) is 0 Å². The Morgan fingerprint density at radius 1 is 0.854 bits per heavy atom. The predicted octanol–water partition coefficient (Wildman–Crippen LogP) is 2.98. The molecule has 0 saturated heterocycles. The van der Waals surface area contributed by atoms with E-state index in [1.54, 1.807) is 36.4 Å². The number of carbonyl (C=O) groups excluding carboxylic acids is 5. The fourth-order valence-electron chi connectivity index (χ4n) is 3.56. The average Bonchev–Trinajstić information content (AvgIpc) is 3.00. The summed E-state index contributed by atoms with van der Waals surface area (Å²) in [5.74, 6) is -3.94. The maximum Gasteiger partial charge on any atom is 0.325 e.